The van der Waals surface area contributed by atoms with Gasteiger partial charge in [-0.25, -0.2) is 9.97 Å². The molecule has 0 aliphatic heterocycles. The molecular weight excluding hydrogens is 597 g/mol. The maximum Gasteiger partial charge on any atom is 0.160 e. The van der Waals surface area contributed by atoms with Gasteiger partial charge in [0.05, 0.1) is 11.4 Å². The van der Waals surface area contributed by atoms with Gasteiger partial charge in [0.15, 0.2) is 5.82 Å². The second-order valence-electron chi connectivity index (χ2n) is 12.2. The van der Waals surface area contributed by atoms with Gasteiger partial charge in [0.25, 0.3) is 0 Å². The van der Waals surface area contributed by atoms with Gasteiger partial charge in [-0.3, -0.25) is 0 Å². The SMILES string of the molecule is c1ccc(-c2cccc(-c3cc(-c4ccc5c(c4)oc4ccccc45)cc(-c4cc(-c5ccccc5)nc(-c5ccccc5)n4)c3)c2)cc1. The first kappa shape index (κ1) is 28.6. The zero-order valence-electron chi connectivity index (χ0n) is 26.6. The molecule has 0 unspecified atom stereocenters. The van der Waals surface area contributed by atoms with Crippen LogP contribution in [-0.4, -0.2) is 9.97 Å². The number of nitrogens with zero attached hydrogens (tertiary/aromatic N) is 2. The Morgan fingerprint density at radius 2 is 0.776 bits per heavy atom. The van der Waals surface area contributed by atoms with Crippen LogP contribution in [0.4, 0.5) is 0 Å². The number of fused-ring (bicyclic) bond motifs is 3. The molecule has 3 nitrogen and oxygen atoms in total. The molecule has 2 heterocycles. The molecule has 0 amide bonds. The van der Waals surface area contributed by atoms with Crippen LogP contribution in [0.1, 0.15) is 0 Å². The van der Waals surface area contributed by atoms with E-state index in [-0.39, 0.29) is 0 Å². The summed E-state index contributed by atoms with van der Waals surface area (Å²) in [4.78, 5) is 10.2. The number of hydrogen-bond donors (Lipinski definition) is 0. The minimum atomic E-state index is 0.693. The number of aromatic nitrogens is 2. The van der Waals surface area contributed by atoms with Crippen molar-refractivity contribution < 1.29 is 4.42 Å². The standard InChI is InChI=1S/C46H30N2O/c1-4-13-31(14-5-1)34-19-12-20-35(25-34)37-26-38(36-23-24-41-40-21-10-11-22-44(40)49-45(41)29-36)28-39(27-37)43-30-42(32-15-6-2-7-16-32)47-46(48-43)33-17-8-3-9-18-33/h1-30H. The summed E-state index contributed by atoms with van der Waals surface area (Å²) in [6.45, 7) is 0. The van der Waals surface area contributed by atoms with E-state index in [0.29, 0.717) is 5.82 Å². The molecule has 0 saturated heterocycles. The van der Waals surface area contributed by atoms with Crippen LogP contribution in [0.5, 0.6) is 0 Å². The van der Waals surface area contributed by atoms with Crippen molar-refractivity contribution in [2.24, 2.45) is 0 Å². The molecule has 0 radical (unpaired) electrons. The minimum Gasteiger partial charge on any atom is -0.456 e. The summed E-state index contributed by atoms with van der Waals surface area (Å²) in [6.07, 6.45) is 0. The van der Waals surface area contributed by atoms with E-state index in [9.17, 15) is 0 Å². The van der Waals surface area contributed by atoms with Crippen molar-refractivity contribution in [1.29, 1.82) is 0 Å². The van der Waals surface area contributed by atoms with Crippen molar-refractivity contribution >= 4 is 21.9 Å². The Morgan fingerprint density at radius 1 is 0.286 bits per heavy atom. The van der Waals surface area contributed by atoms with Crippen LogP contribution in [0, 0.1) is 0 Å². The maximum absolute atomic E-state index is 6.32. The van der Waals surface area contributed by atoms with E-state index in [1.54, 1.807) is 0 Å². The second-order valence-corrected chi connectivity index (χ2v) is 12.2. The largest absolute Gasteiger partial charge is 0.456 e. The van der Waals surface area contributed by atoms with Gasteiger partial charge in [-0.2, -0.15) is 0 Å². The van der Waals surface area contributed by atoms with E-state index in [2.05, 4.69) is 133 Å². The van der Waals surface area contributed by atoms with Crippen LogP contribution in [-0.2, 0) is 0 Å². The lowest BCUT2D eigenvalue weighted by Crippen LogP contribution is -1.96. The lowest BCUT2D eigenvalue weighted by molar-refractivity contribution is 0.669. The third kappa shape index (κ3) is 5.58. The maximum atomic E-state index is 6.32. The summed E-state index contributed by atoms with van der Waals surface area (Å²) in [7, 11) is 0. The Morgan fingerprint density at radius 3 is 1.49 bits per heavy atom. The fraction of sp³-hybridized carbons (Fsp3) is 0. The highest BCUT2D eigenvalue weighted by atomic mass is 16.3. The van der Waals surface area contributed by atoms with Gasteiger partial charge < -0.3 is 4.42 Å². The monoisotopic (exact) mass is 626 g/mol. The average molecular weight is 627 g/mol. The molecule has 7 aromatic carbocycles. The Hall–Kier alpha value is -6.58. The first-order valence-corrected chi connectivity index (χ1v) is 16.5. The van der Waals surface area contributed by atoms with E-state index in [1.165, 1.54) is 11.1 Å². The third-order valence-electron chi connectivity index (χ3n) is 9.07. The molecule has 0 atom stereocenters. The van der Waals surface area contributed by atoms with Crippen molar-refractivity contribution in [3.8, 4) is 67.3 Å². The molecule has 0 saturated carbocycles. The quantitative estimate of drug-likeness (QED) is 0.184. The molecule has 0 aliphatic rings. The van der Waals surface area contributed by atoms with Gasteiger partial charge in [-0.05, 0) is 81.9 Å². The van der Waals surface area contributed by atoms with Crippen molar-refractivity contribution in [3.63, 3.8) is 0 Å². The van der Waals surface area contributed by atoms with E-state index in [0.717, 1.165) is 72.3 Å². The molecule has 3 heteroatoms. The van der Waals surface area contributed by atoms with Crippen LogP contribution in [0.15, 0.2) is 186 Å². The fourth-order valence-corrected chi connectivity index (χ4v) is 6.59. The Kier molecular flexibility index (Phi) is 7.14. The van der Waals surface area contributed by atoms with Crippen molar-refractivity contribution in [2.75, 3.05) is 0 Å². The van der Waals surface area contributed by atoms with Crippen LogP contribution in [0.2, 0.25) is 0 Å². The van der Waals surface area contributed by atoms with E-state index in [1.807, 2.05) is 48.5 Å². The van der Waals surface area contributed by atoms with Gasteiger partial charge in [0, 0.05) is 27.5 Å². The lowest BCUT2D eigenvalue weighted by Gasteiger charge is -2.14. The Bertz CT molecular complexity index is 2530. The van der Waals surface area contributed by atoms with Gasteiger partial charge in [0.1, 0.15) is 11.2 Å². The Balaban J connectivity index is 1.26. The van der Waals surface area contributed by atoms with Crippen LogP contribution < -0.4 is 0 Å². The van der Waals surface area contributed by atoms with E-state index in [4.69, 9.17) is 14.4 Å². The lowest BCUT2D eigenvalue weighted by atomic mass is 9.92. The summed E-state index contributed by atoms with van der Waals surface area (Å²) >= 11 is 0. The third-order valence-corrected chi connectivity index (χ3v) is 9.07. The predicted octanol–water partition coefficient (Wildman–Crippen LogP) is 12.4. The molecule has 0 N–H and O–H groups in total. The first-order chi connectivity index (χ1) is 24.2. The molecule has 49 heavy (non-hydrogen) atoms. The zero-order valence-corrected chi connectivity index (χ0v) is 26.6. The van der Waals surface area contributed by atoms with Crippen LogP contribution in [0.3, 0.4) is 0 Å². The normalized spacial score (nSPS) is 11.3. The van der Waals surface area contributed by atoms with Gasteiger partial charge in [-0.1, -0.05) is 133 Å². The summed E-state index contributed by atoms with van der Waals surface area (Å²) in [6, 6.07) is 63.4. The van der Waals surface area contributed by atoms with Crippen molar-refractivity contribution in [2.45, 2.75) is 0 Å². The van der Waals surface area contributed by atoms with Gasteiger partial charge in [-0.15, -0.1) is 0 Å². The molecule has 2 aromatic heterocycles. The zero-order chi connectivity index (χ0) is 32.6. The number of hydrogen-bond acceptors (Lipinski definition) is 3. The number of para-hydroxylation sites is 1. The molecular formula is C46H30N2O. The number of rotatable bonds is 6. The van der Waals surface area contributed by atoms with Crippen molar-refractivity contribution in [1.82, 2.24) is 9.97 Å². The molecule has 230 valence electrons. The van der Waals surface area contributed by atoms with E-state index >= 15 is 0 Å². The Labute approximate surface area is 284 Å². The number of benzene rings is 7. The summed E-state index contributed by atoms with van der Waals surface area (Å²) < 4.78 is 6.32. The minimum absolute atomic E-state index is 0.693. The molecule has 0 bridgehead atoms. The molecule has 9 aromatic rings. The first-order valence-electron chi connectivity index (χ1n) is 16.5. The average Bonchev–Trinajstić information content (AvgIpc) is 3.57. The second kappa shape index (κ2) is 12.2. The molecule has 0 fully saturated rings. The predicted molar refractivity (Wildman–Crippen MR) is 202 cm³/mol. The highest BCUT2D eigenvalue weighted by Gasteiger charge is 2.15. The summed E-state index contributed by atoms with van der Waals surface area (Å²) in [5.41, 5.74) is 13.3. The van der Waals surface area contributed by atoms with Gasteiger partial charge >= 0.3 is 0 Å². The fourth-order valence-electron chi connectivity index (χ4n) is 6.59. The molecule has 0 spiro atoms. The van der Waals surface area contributed by atoms with Crippen LogP contribution >= 0.6 is 0 Å². The highest BCUT2D eigenvalue weighted by molar-refractivity contribution is 6.06. The van der Waals surface area contributed by atoms with E-state index < -0.39 is 0 Å². The topological polar surface area (TPSA) is 38.9 Å². The van der Waals surface area contributed by atoms with Crippen molar-refractivity contribution in [3.05, 3.63) is 182 Å². The highest BCUT2D eigenvalue weighted by Crippen LogP contribution is 2.38. The summed E-state index contributed by atoms with van der Waals surface area (Å²) in [5, 5.41) is 2.24. The van der Waals surface area contributed by atoms with Crippen LogP contribution in [0.25, 0.3) is 89.2 Å². The number of furan rings is 1. The summed E-state index contributed by atoms with van der Waals surface area (Å²) in [5.74, 6) is 0.693. The molecule has 9 rings (SSSR count). The smallest absolute Gasteiger partial charge is 0.160 e. The van der Waals surface area contributed by atoms with Gasteiger partial charge in [0.2, 0.25) is 0 Å². The molecule has 0 aliphatic carbocycles.